The summed E-state index contributed by atoms with van der Waals surface area (Å²) in [5, 5.41) is 8.58. The third kappa shape index (κ3) is 1.96. The van der Waals surface area contributed by atoms with Crippen LogP contribution in [0.2, 0.25) is 0 Å². The van der Waals surface area contributed by atoms with E-state index in [2.05, 4.69) is 0 Å². The van der Waals surface area contributed by atoms with Crippen molar-refractivity contribution in [2.24, 2.45) is 0 Å². The molecule has 0 bridgehead atoms. The summed E-state index contributed by atoms with van der Waals surface area (Å²) in [6, 6.07) is 6.54. The van der Waals surface area contributed by atoms with Gasteiger partial charge in [0, 0.05) is 3.57 Å². The molecule has 0 spiro atoms. The van der Waals surface area contributed by atoms with Crippen molar-refractivity contribution in [3.63, 3.8) is 0 Å². The topological polar surface area (TPSA) is 54.4 Å². The molecule has 1 aromatic rings. The van der Waals surface area contributed by atoms with E-state index in [1.54, 1.807) is 18.2 Å². The van der Waals surface area contributed by atoms with E-state index in [1.165, 1.54) is 6.07 Å². The highest BCUT2D eigenvalue weighted by Crippen LogP contribution is 2.17. The number of rotatable bonds is 2. The molecular weight excluding hydrogens is 291 g/mol. The van der Waals surface area contributed by atoms with Crippen molar-refractivity contribution in [2.75, 3.05) is 5.94 Å². The normalized spacial score (nSPS) is 11.5. The molecule has 1 rings (SSSR count). The number of aliphatic hydroxyl groups excluding tert-OH is 1. The van der Waals surface area contributed by atoms with Gasteiger partial charge in [0.2, 0.25) is 9.84 Å². The fraction of sp³-hybridized carbons (Fsp3) is 0.143. The molecule has 0 aromatic heterocycles. The van der Waals surface area contributed by atoms with E-state index in [0.717, 1.165) is 0 Å². The Labute approximate surface area is 84.5 Å². The molecule has 0 fully saturated rings. The van der Waals surface area contributed by atoms with Crippen LogP contribution in [0, 0.1) is 3.57 Å². The van der Waals surface area contributed by atoms with E-state index in [-0.39, 0.29) is 4.90 Å². The van der Waals surface area contributed by atoms with Crippen molar-refractivity contribution >= 4 is 32.4 Å². The van der Waals surface area contributed by atoms with Crippen molar-refractivity contribution < 1.29 is 13.5 Å². The number of sulfone groups is 1. The monoisotopic (exact) mass is 298 g/mol. The molecule has 0 aliphatic heterocycles. The highest BCUT2D eigenvalue weighted by atomic mass is 127. The summed E-state index contributed by atoms with van der Waals surface area (Å²) < 4.78 is 23.0. The fourth-order valence-electron chi connectivity index (χ4n) is 0.766. The Morgan fingerprint density at radius 3 is 2.42 bits per heavy atom. The van der Waals surface area contributed by atoms with Crippen molar-refractivity contribution in [2.45, 2.75) is 4.90 Å². The van der Waals surface area contributed by atoms with Gasteiger partial charge in [-0.15, -0.1) is 0 Å². The van der Waals surface area contributed by atoms with Crippen LogP contribution in [-0.2, 0) is 9.84 Å². The predicted molar refractivity (Wildman–Crippen MR) is 53.4 cm³/mol. The second-order valence-electron chi connectivity index (χ2n) is 2.17. The van der Waals surface area contributed by atoms with Gasteiger partial charge in [0.05, 0.1) is 4.90 Å². The second kappa shape index (κ2) is 3.71. The van der Waals surface area contributed by atoms with Gasteiger partial charge < -0.3 is 5.11 Å². The Kier molecular flexibility index (Phi) is 3.08. The number of hydrogen-bond donors (Lipinski definition) is 1. The van der Waals surface area contributed by atoms with Crippen LogP contribution in [0.3, 0.4) is 0 Å². The van der Waals surface area contributed by atoms with E-state index in [1.807, 2.05) is 22.6 Å². The minimum absolute atomic E-state index is 0.188. The molecule has 0 saturated heterocycles. The third-order valence-electron chi connectivity index (χ3n) is 1.34. The summed E-state index contributed by atoms with van der Waals surface area (Å²) in [7, 11) is -3.48. The first-order chi connectivity index (χ1) is 5.58. The van der Waals surface area contributed by atoms with Crippen LogP contribution in [0.5, 0.6) is 0 Å². The molecule has 0 heterocycles. The molecule has 12 heavy (non-hydrogen) atoms. The summed E-state index contributed by atoms with van der Waals surface area (Å²) in [4.78, 5) is 0.188. The second-order valence-corrected chi connectivity index (χ2v) is 5.26. The van der Waals surface area contributed by atoms with Crippen molar-refractivity contribution in [3.8, 4) is 0 Å². The highest BCUT2D eigenvalue weighted by molar-refractivity contribution is 14.1. The fourth-order valence-corrected chi connectivity index (χ4v) is 2.95. The van der Waals surface area contributed by atoms with Crippen LogP contribution in [0.15, 0.2) is 29.2 Å². The number of halogens is 1. The van der Waals surface area contributed by atoms with Crippen molar-refractivity contribution in [1.82, 2.24) is 0 Å². The van der Waals surface area contributed by atoms with Crippen LogP contribution < -0.4 is 0 Å². The summed E-state index contributed by atoms with van der Waals surface area (Å²) in [5.74, 6) is -0.840. The molecule has 1 N–H and O–H groups in total. The predicted octanol–water partition coefficient (Wildman–Crippen LogP) is 1.01. The summed E-state index contributed by atoms with van der Waals surface area (Å²) in [6.07, 6.45) is 0. The number of hydrogen-bond acceptors (Lipinski definition) is 3. The Morgan fingerprint density at radius 2 is 1.92 bits per heavy atom. The van der Waals surface area contributed by atoms with Crippen LogP contribution >= 0.6 is 22.6 Å². The van der Waals surface area contributed by atoms with Crippen molar-refractivity contribution in [1.29, 1.82) is 0 Å². The maximum absolute atomic E-state index is 11.2. The van der Waals surface area contributed by atoms with Crippen LogP contribution in [0.1, 0.15) is 0 Å². The molecule has 3 nitrogen and oxygen atoms in total. The number of benzene rings is 1. The maximum Gasteiger partial charge on any atom is 0.203 e. The standard InChI is InChI=1S/C7H7IO3S/c8-6-3-1-2-4-7(6)12(10,11)5-9/h1-4,9H,5H2. The summed E-state index contributed by atoms with van der Waals surface area (Å²) in [6.45, 7) is 0. The van der Waals surface area contributed by atoms with E-state index in [9.17, 15) is 8.42 Å². The molecule has 0 saturated carbocycles. The molecule has 0 radical (unpaired) electrons. The zero-order chi connectivity index (χ0) is 9.19. The number of aliphatic hydroxyl groups is 1. The lowest BCUT2D eigenvalue weighted by Gasteiger charge is -2.01. The lowest BCUT2D eigenvalue weighted by Crippen LogP contribution is -2.07. The average molecular weight is 298 g/mol. The molecule has 0 aliphatic carbocycles. The van der Waals surface area contributed by atoms with Gasteiger partial charge in [-0.2, -0.15) is 0 Å². The molecule has 0 unspecified atom stereocenters. The largest absolute Gasteiger partial charge is 0.380 e. The van der Waals surface area contributed by atoms with E-state index < -0.39 is 15.8 Å². The Morgan fingerprint density at radius 1 is 1.33 bits per heavy atom. The molecule has 0 atom stereocenters. The molecule has 0 amide bonds. The van der Waals surface area contributed by atoms with Crippen LogP contribution in [0.4, 0.5) is 0 Å². The zero-order valence-corrected chi connectivity index (χ0v) is 9.04. The van der Waals surface area contributed by atoms with E-state index in [4.69, 9.17) is 5.11 Å². The van der Waals surface area contributed by atoms with Gasteiger partial charge >= 0.3 is 0 Å². The van der Waals surface area contributed by atoms with Crippen molar-refractivity contribution in [3.05, 3.63) is 27.8 Å². The van der Waals surface area contributed by atoms with Gasteiger partial charge in [-0.1, -0.05) is 12.1 Å². The first kappa shape index (κ1) is 9.94. The minimum atomic E-state index is -3.48. The Balaban J connectivity index is 3.30. The first-order valence-corrected chi connectivity index (χ1v) is 5.89. The van der Waals surface area contributed by atoms with Gasteiger partial charge in [-0.25, -0.2) is 8.42 Å². The van der Waals surface area contributed by atoms with Gasteiger partial charge in [0.25, 0.3) is 0 Å². The van der Waals surface area contributed by atoms with E-state index >= 15 is 0 Å². The van der Waals surface area contributed by atoms with Crippen LogP contribution in [0.25, 0.3) is 0 Å². The van der Waals surface area contributed by atoms with E-state index in [0.29, 0.717) is 3.57 Å². The molecular formula is C7H7IO3S. The van der Waals surface area contributed by atoms with Crippen LogP contribution in [-0.4, -0.2) is 19.5 Å². The van der Waals surface area contributed by atoms with Gasteiger partial charge in [0.1, 0.15) is 5.94 Å². The van der Waals surface area contributed by atoms with Gasteiger partial charge in [-0.3, -0.25) is 0 Å². The lowest BCUT2D eigenvalue weighted by atomic mass is 10.4. The average Bonchev–Trinajstić information content (AvgIpc) is 2.05. The first-order valence-electron chi connectivity index (χ1n) is 3.16. The Hall–Kier alpha value is -0.140. The van der Waals surface area contributed by atoms with Gasteiger partial charge in [-0.05, 0) is 34.7 Å². The zero-order valence-electron chi connectivity index (χ0n) is 6.07. The quantitative estimate of drug-likeness (QED) is 0.829. The maximum atomic E-state index is 11.2. The summed E-state index contributed by atoms with van der Waals surface area (Å²) >= 11 is 1.92. The smallest absolute Gasteiger partial charge is 0.203 e. The molecule has 1 aromatic carbocycles. The third-order valence-corrected chi connectivity index (χ3v) is 4.01. The summed E-state index contributed by atoms with van der Waals surface area (Å²) in [5.41, 5.74) is 0. The lowest BCUT2D eigenvalue weighted by molar-refractivity contribution is 0.358. The SMILES string of the molecule is O=S(=O)(CO)c1ccccc1I. The minimum Gasteiger partial charge on any atom is -0.380 e. The Bertz CT molecular complexity index is 372. The van der Waals surface area contributed by atoms with Gasteiger partial charge in [0.15, 0.2) is 0 Å². The molecule has 0 aliphatic rings. The molecule has 66 valence electrons. The molecule has 5 heteroatoms. The highest BCUT2D eigenvalue weighted by Gasteiger charge is 2.14.